The van der Waals surface area contributed by atoms with Crippen LogP contribution in [0.1, 0.15) is 43.4 Å². The summed E-state index contributed by atoms with van der Waals surface area (Å²) in [6.45, 7) is 4.78. The molecule has 0 fully saturated rings. The highest BCUT2D eigenvalue weighted by Gasteiger charge is 2.35. The molecule has 0 bridgehead atoms. The number of benzene rings is 2. The minimum absolute atomic E-state index is 0.0832. The van der Waals surface area contributed by atoms with Crippen molar-refractivity contribution in [1.82, 2.24) is 10.2 Å². The first-order chi connectivity index (χ1) is 17.7. The number of carbonyl (C=O) groups excluding carboxylic acids is 1. The van der Waals surface area contributed by atoms with Gasteiger partial charge >= 0.3 is 6.09 Å². The van der Waals surface area contributed by atoms with E-state index >= 15 is 0 Å². The second-order valence-corrected chi connectivity index (χ2v) is 11.0. The van der Waals surface area contributed by atoms with E-state index in [-0.39, 0.29) is 18.7 Å². The van der Waals surface area contributed by atoms with Crippen molar-refractivity contribution in [3.8, 4) is 0 Å². The summed E-state index contributed by atoms with van der Waals surface area (Å²) in [5.74, 6) is -1.52. The Labute approximate surface area is 221 Å². The van der Waals surface area contributed by atoms with E-state index in [1.54, 1.807) is 0 Å². The molecule has 0 aromatic heterocycles. The fourth-order valence-corrected chi connectivity index (χ4v) is 6.01. The largest absolute Gasteiger partial charge is 0.453 e. The molecular formula is C28H40F2N2O4S. The number of rotatable bonds is 15. The number of methoxy groups -OCH3 is 1. The van der Waals surface area contributed by atoms with Crippen molar-refractivity contribution in [2.75, 3.05) is 32.2 Å². The molecule has 2 aromatic rings. The second-order valence-electron chi connectivity index (χ2n) is 9.33. The number of ether oxygens (including phenoxy) is 1. The van der Waals surface area contributed by atoms with E-state index < -0.39 is 46.6 Å². The predicted molar refractivity (Wildman–Crippen MR) is 144 cm³/mol. The van der Waals surface area contributed by atoms with Crippen LogP contribution >= 0.6 is 0 Å². The number of hydrogen-bond donors (Lipinski definition) is 2. The smallest absolute Gasteiger partial charge is 0.409 e. The van der Waals surface area contributed by atoms with Crippen molar-refractivity contribution in [3.05, 3.63) is 70.8 Å². The van der Waals surface area contributed by atoms with Crippen molar-refractivity contribution >= 4 is 16.9 Å². The number of nitrogens with zero attached hydrogens (tertiary/aromatic N) is 1. The molecule has 2 rings (SSSR count). The number of aliphatic hydroxyl groups is 1. The van der Waals surface area contributed by atoms with Gasteiger partial charge in [0.05, 0.1) is 19.3 Å². The Morgan fingerprint density at radius 2 is 1.78 bits per heavy atom. The van der Waals surface area contributed by atoms with E-state index in [4.69, 9.17) is 4.74 Å². The van der Waals surface area contributed by atoms with Crippen LogP contribution < -0.4 is 5.32 Å². The van der Waals surface area contributed by atoms with Gasteiger partial charge in [-0.2, -0.15) is 0 Å². The third kappa shape index (κ3) is 10.1. The average molecular weight is 539 g/mol. The van der Waals surface area contributed by atoms with E-state index in [2.05, 4.69) is 24.4 Å². The summed E-state index contributed by atoms with van der Waals surface area (Å²) in [5, 5.41) is 14.6. The molecule has 0 saturated carbocycles. The van der Waals surface area contributed by atoms with Crippen LogP contribution in [0.25, 0.3) is 0 Å². The Hall–Kier alpha value is -2.36. The lowest BCUT2D eigenvalue weighted by Gasteiger charge is -2.36. The van der Waals surface area contributed by atoms with Crippen molar-refractivity contribution in [2.45, 2.75) is 58.2 Å². The zero-order chi connectivity index (χ0) is 27.4. The highest BCUT2D eigenvalue weighted by Crippen LogP contribution is 2.24. The van der Waals surface area contributed by atoms with Gasteiger partial charge in [-0.1, -0.05) is 44.5 Å². The number of aryl methyl sites for hydroxylation is 1. The van der Waals surface area contributed by atoms with Gasteiger partial charge in [-0.15, -0.1) is 0 Å². The summed E-state index contributed by atoms with van der Waals surface area (Å²) in [6.07, 6.45) is 1.01. The molecule has 2 aromatic carbocycles. The number of halogens is 2. The zero-order valence-corrected chi connectivity index (χ0v) is 23.0. The van der Waals surface area contributed by atoms with Crippen LogP contribution in [0.5, 0.6) is 0 Å². The van der Waals surface area contributed by atoms with Gasteiger partial charge in [0, 0.05) is 54.4 Å². The summed E-state index contributed by atoms with van der Waals surface area (Å²) >= 11 is 0. The number of carbonyl (C=O) groups is 1. The van der Waals surface area contributed by atoms with Gasteiger partial charge in [0.2, 0.25) is 0 Å². The maximum Gasteiger partial charge on any atom is 0.409 e. The molecule has 0 aliphatic carbocycles. The molecule has 0 aliphatic heterocycles. The van der Waals surface area contributed by atoms with Gasteiger partial charge in [-0.05, 0) is 48.1 Å². The Bertz CT molecular complexity index is 1000. The van der Waals surface area contributed by atoms with Crippen LogP contribution in [0, 0.1) is 17.6 Å². The van der Waals surface area contributed by atoms with Gasteiger partial charge in [0.25, 0.3) is 0 Å². The molecule has 0 spiro atoms. The van der Waals surface area contributed by atoms with E-state index in [1.165, 1.54) is 36.8 Å². The summed E-state index contributed by atoms with van der Waals surface area (Å²) in [4.78, 5) is 13.8. The molecular weight excluding hydrogens is 498 g/mol. The number of aliphatic hydroxyl groups excluding tert-OH is 1. The summed E-state index contributed by atoms with van der Waals surface area (Å²) < 4.78 is 45.7. The quantitative estimate of drug-likeness (QED) is 0.350. The van der Waals surface area contributed by atoms with E-state index in [0.29, 0.717) is 17.9 Å². The lowest BCUT2D eigenvalue weighted by Crippen LogP contribution is -2.51. The van der Waals surface area contributed by atoms with Crippen LogP contribution in [0.15, 0.2) is 42.5 Å². The molecule has 0 heterocycles. The average Bonchev–Trinajstić information content (AvgIpc) is 2.88. The van der Waals surface area contributed by atoms with Crippen LogP contribution in [0.2, 0.25) is 0 Å². The van der Waals surface area contributed by atoms with Gasteiger partial charge in [-0.3, -0.25) is 4.21 Å². The number of amides is 1. The summed E-state index contributed by atoms with van der Waals surface area (Å²) in [6, 6.07) is 10.7. The number of nitrogens with one attached hydrogen (secondary N) is 1. The lowest BCUT2D eigenvalue weighted by atomic mass is 9.87. The molecule has 0 aliphatic rings. The Morgan fingerprint density at radius 1 is 1.11 bits per heavy atom. The fourth-order valence-electron chi connectivity index (χ4n) is 4.39. The molecule has 1 amide bonds. The molecule has 6 nitrogen and oxygen atoms in total. The van der Waals surface area contributed by atoms with Crippen molar-refractivity contribution < 1.29 is 27.6 Å². The summed E-state index contributed by atoms with van der Waals surface area (Å²) in [5.41, 5.74) is 2.62. The molecule has 37 heavy (non-hydrogen) atoms. The number of hydrogen-bond acceptors (Lipinski definition) is 5. The van der Waals surface area contributed by atoms with Gasteiger partial charge in [0.1, 0.15) is 11.6 Å². The zero-order valence-electron chi connectivity index (χ0n) is 22.2. The van der Waals surface area contributed by atoms with Crippen LogP contribution in [0.3, 0.4) is 0 Å². The van der Waals surface area contributed by atoms with Crippen LogP contribution in [-0.2, 0) is 34.9 Å². The third-order valence-electron chi connectivity index (χ3n) is 6.51. The van der Waals surface area contributed by atoms with Crippen LogP contribution in [0.4, 0.5) is 13.6 Å². The molecule has 1 unspecified atom stereocenters. The normalized spacial score (nSPS) is 14.6. The first kappa shape index (κ1) is 30.9. The van der Waals surface area contributed by atoms with Gasteiger partial charge in [-0.25, -0.2) is 13.6 Å². The molecule has 2 N–H and O–H groups in total. The lowest BCUT2D eigenvalue weighted by molar-refractivity contribution is 0.0481. The Morgan fingerprint density at radius 3 is 2.41 bits per heavy atom. The minimum atomic E-state index is -1.26. The highest BCUT2D eigenvalue weighted by atomic mass is 32.2. The van der Waals surface area contributed by atoms with Crippen molar-refractivity contribution in [2.24, 2.45) is 5.92 Å². The van der Waals surface area contributed by atoms with Gasteiger partial charge in [0.15, 0.2) is 0 Å². The molecule has 206 valence electrons. The first-order valence-electron chi connectivity index (χ1n) is 12.8. The maximum atomic E-state index is 14.0. The highest BCUT2D eigenvalue weighted by molar-refractivity contribution is 7.85. The summed E-state index contributed by atoms with van der Waals surface area (Å²) in [7, 11) is 1.52. The topological polar surface area (TPSA) is 78.9 Å². The standard InChI is InChI=1S/C28H40F2N2O4S/c1-5-7-11-37(35)19-26(32(3)28(34)36-4)25(15-22-13-23(29)16-24(30)14-22)27(33)18-31-17-21-10-8-9-20(6-2)12-21/h8-10,12-14,16,25-27,31,33H,5-7,11,15,17-19H2,1-4H3/t25-,26-,27-,37?/m1/s1. The van der Waals surface area contributed by atoms with E-state index in [9.17, 15) is 22.9 Å². The molecule has 0 radical (unpaired) electrons. The molecule has 9 heteroatoms. The molecule has 4 atom stereocenters. The van der Waals surface area contributed by atoms with Crippen molar-refractivity contribution in [1.29, 1.82) is 0 Å². The van der Waals surface area contributed by atoms with E-state index in [1.807, 2.05) is 19.1 Å². The second kappa shape index (κ2) is 15.8. The van der Waals surface area contributed by atoms with Crippen LogP contribution in [-0.4, -0.2) is 64.7 Å². The monoisotopic (exact) mass is 538 g/mol. The van der Waals surface area contributed by atoms with E-state index in [0.717, 1.165) is 30.9 Å². The first-order valence-corrected chi connectivity index (χ1v) is 14.2. The Balaban J connectivity index is 2.31. The Kier molecular flexibility index (Phi) is 13.2. The SMILES string of the molecule is CCCCS(=O)C[C@H]([C@@H](Cc1cc(F)cc(F)c1)[C@H](O)CNCc1cccc(CC)c1)N(C)C(=O)OC. The van der Waals surface area contributed by atoms with Gasteiger partial charge < -0.3 is 20.1 Å². The minimum Gasteiger partial charge on any atom is -0.453 e. The maximum absolute atomic E-state index is 14.0. The third-order valence-corrected chi connectivity index (χ3v) is 7.96. The molecule has 0 saturated heterocycles. The fraction of sp³-hybridized carbons (Fsp3) is 0.536. The van der Waals surface area contributed by atoms with Crippen molar-refractivity contribution in [3.63, 3.8) is 0 Å². The predicted octanol–water partition coefficient (Wildman–Crippen LogP) is 4.45. The number of unbranched alkanes of at least 4 members (excludes halogenated alkanes) is 1.